The van der Waals surface area contributed by atoms with Crippen LogP contribution in [0.1, 0.15) is 310 Å². The third-order valence-corrected chi connectivity index (χ3v) is 14.0. The van der Waals surface area contributed by atoms with Gasteiger partial charge in [-0.05, 0) is 89.9 Å². The molecule has 0 fully saturated rings. The Morgan fingerprint density at radius 3 is 0.859 bits per heavy atom. The smallest absolute Gasteiger partial charge is 0.306 e. The minimum atomic E-state index is -0.811. The predicted octanol–water partition coefficient (Wildman–Crippen LogP) is 22.6. The van der Waals surface area contributed by atoms with E-state index in [0.717, 1.165) is 103 Å². The second-order valence-corrected chi connectivity index (χ2v) is 21.6. The number of ether oxygens (including phenoxy) is 3. The summed E-state index contributed by atoms with van der Waals surface area (Å²) in [7, 11) is 0. The van der Waals surface area contributed by atoms with Crippen LogP contribution >= 0.6 is 0 Å². The molecule has 0 aliphatic rings. The Bertz CT molecular complexity index is 1570. The summed E-state index contributed by atoms with van der Waals surface area (Å²) in [5.41, 5.74) is 0. The summed E-state index contributed by atoms with van der Waals surface area (Å²) in [5, 5.41) is 0. The molecule has 446 valence electrons. The van der Waals surface area contributed by atoms with E-state index in [1.54, 1.807) is 0 Å². The molecule has 0 rings (SSSR count). The van der Waals surface area contributed by atoms with Crippen molar-refractivity contribution >= 4 is 17.9 Å². The number of hydrogen-bond donors (Lipinski definition) is 0. The highest BCUT2D eigenvalue weighted by Gasteiger charge is 2.19. The first-order valence-electron chi connectivity index (χ1n) is 32.9. The SMILES string of the molecule is CC/C=C\C/C=C\C/C=C\C/C=C\C/C=C\CCCCCCCCCCCC(=O)OCC(COC(=O)CC/C=C\C/C=C\C/C=C\C/C=C\CC)OC(=O)CCCCCCCCCCCCCCCCCCCCCCCC. The van der Waals surface area contributed by atoms with Gasteiger partial charge in [-0.2, -0.15) is 0 Å². The molecule has 0 spiro atoms. The summed E-state index contributed by atoms with van der Waals surface area (Å²) in [4.78, 5) is 38.3. The molecule has 0 aromatic rings. The zero-order valence-corrected chi connectivity index (χ0v) is 51.2. The van der Waals surface area contributed by atoms with Gasteiger partial charge in [-0.15, -0.1) is 0 Å². The number of hydrogen-bond acceptors (Lipinski definition) is 6. The fraction of sp³-hybridized carbons (Fsp3) is 0.708. The van der Waals surface area contributed by atoms with Crippen molar-refractivity contribution in [1.82, 2.24) is 0 Å². The van der Waals surface area contributed by atoms with E-state index in [9.17, 15) is 14.4 Å². The van der Waals surface area contributed by atoms with Crippen molar-refractivity contribution in [2.75, 3.05) is 13.2 Å². The van der Waals surface area contributed by atoms with Gasteiger partial charge in [0.15, 0.2) is 6.10 Å². The molecule has 0 aliphatic carbocycles. The lowest BCUT2D eigenvalue weighted by Crippen LogP contribution is -2.30. The van der Waals surface area contributed by atoms with Gasteiger partial charge in [0.1, 0.15) is 13.2 Å². The van der Waals surface area contributed by atoms with E-state index < -0.39 is 6.10 Å². The number of rotatable bonds is 59. The van der Waals surface area contributed by atoms with E-state index in [4.69, 9.17) is 14.2 Å². The third kappa shape index (κ3) is 62.9. The second kappa shape index (κ2) is 65.6. The molecule has 78 heavy (non-hydrogen) atoms. The average molecular weight is 1080 g/mol. The van der Waals surface area contributed by atoms with Gasteiger partial charge in [-0.1, -0.05) is 310 Å². The number of carbonyl (C=O) groups is 3. The molecule has 0 aromatic heterocycles. The van der Waals surface area contributed by atoms with Crippen LogP contribution in [0.3, 0.4) is 0 Å². The van der Waals surface area contributed by atoms with Crippen molar-refractivity contribution in [1.29, 1.82) is 0 Å². The van der Waals surface area contributed by atoms with Gasteiger partial charge in [-0.25, -0.2) is 0 Å². The largest absolute Gasteiger partial charge is 0.462 e. The normalized spacial score (nSPS) is 12.8. The summed E-state index contributed by atoms with van der Waals surface area (Å²) in [6, 6.07) is 0. The molecule has 0 heterocycles. The molecule has 0 aromatic carbocycles. The second-order valence-electron chi connectivity index (χ2n) is 21.6. The number of carbonyl (C=O) groups excluding carboxylic acids is 3. The lowest BCUT2D eigenvalue weighted by Gasteiger charge is -2.18. The van der Waals surface area contributed by atoms with Crippen LogP contribution in [0, 0.1) is 0 Å². The highest BCUT2D eigenvalue weighted by atomic mass is 16.6. The Balaban J connectivity index is 4.35. The van der Waals surface area contributed by atoms with Gasteiger partial charge >= 0.3 is 17.9 Å². The molecule has 0 bridgehead atoms. The predicted molar refractivity (Wildman–Crippen MR) is 339 cm³/mol. The van der Waals surface area contributed by atoms with Crippen LogP contribution in [-0.2, 0) is 28.6 Å². The molecule has 0 N–H and O–H groups in total. The van der Waals surface area contributed by atoms with Gasteiger partial charge in [0.2, 0.25) is 0 Å². The van der Waals surface area contributed by atoms with Crippen molar-refractivity contribution in [2.45, 2.75) is 316 Å². The third-order valence-electron chi connectivity index (χ3n) is 14.0. The topological polar surface area (TPSA) is 78.9 Å². The van der Waals surface area contributed by atoms with Crippen molar-refractivity contribution in [2.24, 2.45) is 0 Å². The maximum atomic E-state index is 12.9. The summed E-state index contributed by atoms with van der Waals surface area (Å²) in [6.07, 6.45) is 89.8. The van der Waals surface area contributed by atoms with E-state index in [2.05, 4.69) is 124 Å². The Hall–Kier alpha value is -3.93. The Kier molecular flexibility index (Phi) is 62.3. The zero-order chi connectivity index (χ0) is 56.4. The molecule has 0 radical (unpaired) electrons. The molecule has 0 amide bonds. The van der Waals surface area contributed by atoms with E-state index in [0.29, 0.717) is 19.3 Å². The number of esters is 3. The number of allylic oxidation sites excluding steroid dienone is 18. The van der Waals surface area contributed by atoms with Gasteiger partial charge < -0.3 is 14.2 Å². The fourth-order valence-electron chi connectivity index (χ4n) is 9.19. The Labute approximate surface area is 482 Å². The summed E-state index contributed by atoms with van der Waals surface area (Å²) in [6.45, 7) is 6.38. The van der Waals surface area contributed by atoms with Gasteiger partial charge in [0.25, 0.3) is 0 Å². The van der Waals surface area contributed by atoms with Crippen LogP contribution in [0.5, 0.6) is 0 Å². The molecule has 1 unspecified atom stereocenters. The molecule has 6 nitrogen and oxygen atoms in total. The van der Waals surface area contributed by atoms with Crippen LogP contribution < -0.4 is 0 Å². The molecule has 0 aliphatic heterocycles. The monoisotopic (exact) mass is 1080 g/mol. The van der Waals surface area contributed by atoms with Gasteiger partial charge in [0, 0.05) is 19.3 Å². The van der Waals surface area contributed by atoms with Crippen molar-refractivity contribution in [3.8, 4) is 0 Å². The van der Waals surface area contributed by atoms with Crippen LogP contribution in [0.2, 0.25) is 0 Å². The molecule has 6 heteroatoms. The maximum Gasteiger partial charge on any atom is 0.306 e. The first-order valence-corrected chi connectivity index (χ1v) is 32.9. The van der Waals surface area contributed by atoms with Crippen LogP contribution in [0.25, 0.3) is 0 Å². The van der Waals surface area contributed by atoms with E-state index >= 15 is 0 Å². The van der Waals surface area contributed by atoms with Crippen molar-refractivity contribution in [3.05, 3.63) is 109 Å². The zero-order valence-electron chi connectivity index (χ0n) is 51.2. The average Bonchev–Trinajstić information content (AvgIpc) is 3.44. The highest BCUT2D eigenvalue weighted by molar-refractivity contribution is 5.71. The minimum absolute atomic E-state index is 0.102. The van der Waals surface area contributed by atoms with Crippen LogP contribution in [0.15, 0.2) is 109 Å². The fourth-order valence-corrected chi connectivity index (χ4v) is 9.19. The first-order chi connectivity index (χ1) is 38.5. The molecule has 0 saturated heterocycles. The quantitative estimate of drug-likeness (QED) is 0.0261. The Morgan fingerprint density at radius 2 is 0.526 bits per heavy atom. The van der Waals surface area contributed by atoms with Crippen molar-refractivity contribution in [3.63, 3.8) is 0 Å². The minimum Gasteiger partial charge on any atom is -0.462 e. The number of unbranched alkanes of at least 4 members (excludes halogenated alkanes) is 30. The molecule has 1 atom stereocenters. The van der Waals surface area contributed by atoms with Gasteiger partial charge in [-0.3, -0.25) is 14.4 Å². The molecule has 0 saturated carbocycles. The summed E-state index contributed by atoms with van der Waals surface area (Å²) >= 11 is 0. The van der Waals surface area contributed by atoms with Crippen LogP contribution in [0.4, 0.5) is 0 Å². The first kappa shape index (κ1) is 74.1. The highest BCUT2D eigenvalue weighted by Crippen LogP contribution is 2.17. The lowest BCUT2D eigenvalue weighted by molar-refractivity contribution is -0.166. The summed E-state index contributed by atoms with van der Waals surface area (Å²) < 4.78 is 16.9. The summed E-state index contributed by atoms with van der Waals surface area (Å²) in [5.74, 6) is -0.982. The Morgan fingerprint density at radius 1 is 0.269 bits per heavy atom. The molecular formula is C72H122O6. The van der Waals surface area contributed by atoms with Crippen LogP contribution in [-0.4, -0.2) is 37.2 Å². The standard InChI is InChI=1S/C72H122O6/c1-4-7-10-13-16-19-22-25-27-29-31-33-35-36-37-39-40-42-44-47-50-53-56-59-62-65-71(74)77-68-69(67-76-70(73)64-61-58-55-52-49-46-24-21-18-15-12-9-6-3)78-72(75)66-63-60-57-54-51-48-45-43-41-38-34-32-30-28-26-23-20-17-14-11-8-5-2/h7,9-10,12,16,18-19,21,25,27,31,33,36-37,46,49,55,58,69H,4-6,8,11,13-15,17,20,22-24,26,28-30,32,34-35,38-45,47-48,50-54,56-57,59-68H2,1-3H3/b10-7-,12-9-,19-16-,21-18-,27-25-,33-31-,37-36-,49-46-,58-55-. The van der Waals surface area contributed by atoms with E-state index in [-0.39, 0.29) is 37.5 Å². The van der Waals surface area contributed by atoms with E-state index in [1.807, 2.05) is 6.08 Å². The lowest BCUT2D eigenvalue weighted by atomic mass is 10.0. The van der Waals surface area contributed by atoms with Crippen molar-refractivity contribution < 1.29 is 28.6 Å². The van der Waals surface area contributed by atoms with Gasteiger partial charge in [0.05, 0.1) is 0 Å². The molecular weight excluding hydrogens is 961 g/mol. The maximum absolute atomic E-state index is 12.9. The van der Waals surface area contributed by atoms with E-state index in [1.165, 1.54) is 161 Å².